The maximum atomic E-state index is 11.0. The first-order valence-corrected chi connectivity index (χ1v) is 6.04. The molecule has 0 aliphatic heterocycles. The van der Waals surface area contributed by atoms with Gasteiger partial charge in [-0.1, -0.05) is 15.9 Å². The summed E-state index contributed by atoms with van der Waals surface area (Å²) in [5.74, 6) is -1.02. The molecular formula is C12H10BrNO4. The third kappa shape index (κ3) is 2.53. The molecule has 0 atom stereocenters. The van der Waals surface area contributed by atoms with Gasteiger partial charge in [0, 0.05) is 10.0 Å². The van der Waals surface area contributed by atoms with Crippen LogP contribution in [-0.2, 0) is 0 Å². The number of oxazole rings is 1. The summed E-state index contributed by atoms with van der Waals surface area (Å²) in [6.07, 6.45) is 0. The first-order chi connectivity index (χ1) is 8.61. The number of nitrogens with zero attached hydrogens (tertiary/aromatic N) is 1. The molecular weight excluding hydrogens is 302 g/mol. The van der Waals surface area contributed by atoms with Gasteiger partial charge in [0.05, 0.1) is 6.61 Å². The molecule has 2 rings (SSSR count). The number of aromatic carboxylic acids is 1. The minimum absolute atomic E-state index is 0.0667. The van der Waals surface area contributed by atoms with Crippen molar-refractivity contribution in [1.29, 1.82) is 0 Å². The molecule has 1 aromatic carbocycles. The van der Waals surface area contributed by atoms with Crippen molar-refractivity contribution in [3.05, 3.63) is 34.4 Å². The van der Waals surface area contributed by atoms with Crippen molar-refractivity contribution in [1.82, 2.24) is 4.98 Å². The summed E-state index contributed by atoms with van der Waals surface area (Å²) in [6, 6.07) is 7.19. The van der Waals surface area contributed by atoms with E-state index in [1.54, 1.807) is 19.1 Å². The van der Waals surface area contributed by atoms with Gasteiger partial charge >= 0.3 is 11.9 Å². The van der Waals surface area contributed by atoms with E-state index < -0.39 is 5.97 Å². The van der Waals surface area contributed by atoms with Crippen molar-refractivity contribution >= 4 is 21.9 Å². The number of benzene rings is 1. The average molecular weight is 312 g/mol. The highest BCUT2D eigenvalue weighted by molar-refractivity contribution is 9.10. The van der Waals surface area contributed by atoms with Gasteiger partial charge in [0.15, 0.2) is 0 Å². The third-order valence-corrected chi connectivity index (χ3v) is 2.69. The molecule has 0 amide bonds. The Kier molecular flexibility index (Phi) is 3.66. The predicted octanol–water partition coefficient (Wildman–Crippen LogP) is 3.20. The minimum atomic E-state index is -1.18. The van der Waals surface area contributed by atoms with E-state index in [0.717, 1.165) is 4.47 Å². The smallest absolute Gasteiger partial charge is 0.362 e. The number of hydrogen-bond donors (Lipinski definition) is 1. The molecule has 5 nitrogen and oxygen atoms in total. The molecule has 6 heteroatoms. The Morgan fingerprint density at radius 1 is 1.44 bits per heavy atom. The molecule has 18 heavy (non-hydrogen) atoms. The number of carbonyl (C=O) groups is 1. The molecule has 2 aromatic rings. The minimum Gasteiger partial charge on any atom is -0.476 e. The summed E-state index contributed by atoms with van der Waals surface area (Å²) in [5.41, 5.74) is 0.474. The van der Waals surface area contributed by atoms with Crippen LogP contribution < -0.4 is 4.74 Å². The Balaban J connectivity index is 2.42. The van der Waals surface area contributed by atoms with Gasteiger partial charge in [-0.3, -0.25) is 0 Å². The van der Waals surface area contributed by atoms with Gasteiger partial charge in [0.2, 0.25) is 11.6 Å². The zero-order valence-electron chi connectivity index (χ0n) is 9.51. The van der Waals surface area contributed by atoms with Gasteiger partial charge in [-0.2, -0.15) is 4.98 Å². The van der Waals surface area contributed by atoms with Crippen LogP contribution in [0.25, 0.3) is 11.5 Å². The van der Waals surface area contributed by atoms with Crippen LogP contribution in [0.3, 0.4) is 0 Å². The van der Waals surface area contributed by atoms with Crippen LogP contribution in [-0.4, -0.2) is 22.7 Å². The van der Waals surface area contributed by atoms with Gasteiger partial charge < -0.3 is 14.3 Å². The summed E-state index contributed by atoms with van der Waals surface area (Å²) in [7, 11) is 0. The van der Waals surface area contributed by atoms with Crippen molar-refractivity contribution in [3.8, 4) is 17.4 Å². The fourth-order valence-electron chi connectivity index (χ4n) is 1.39. The Hall–Kier alpha value is -1.82. The summed E-state index contributed by atoms with van der Waals surface area (Å²) in [6.45, 7) is 2.06. The number of halogens is 1. The van der Waals surface area contributed by atoms with Crippen LogP contribution in [0.5, 0.6) is 5.95 Å². The monoisotopic (exact) mass is 311 g/mol. The highest BCUT2D eigenvalue weighted by Crippen LogP contribution is 2.28. The van der Waals surface area contributed by atoms with Crippen LogP contribution in [0.4, 0.5) is 0 Å². The normalized spacial score (nSPS) is 10.3. The van der Waals surface area contributed by atoms with Gasteiger partial charge in [-0.05, 0) is 31.2 Å². The van der Waals surface area contributed by atoms with Gasteiger partial charge in [0.1, 0.15) is 0 Å². The van der Waals surface area contributed by atoms with Crippen molar-refractivity contribution < 1.29 is 19.1 Å². The van der Waals surface area contributed by atoms with Crippen LogP contribution in [0, 0.1) is 0 Å². The fourth-order valence-corrected chi connectivity index (χ4v) is 1.65. The highest BCUT2D eigenvalue weighted by Gasteiger charge is 2.21. The van der Waals surface area contributed by atoms with E-state index in [1.165, 1.54) is 0 Å². The molecule has 0 spiro atoms. The number of carboxylic acid groups (broad SMARTS) is 1. The SMILES string of the molecule is CCOc1oc(-c2ccc(Br)cc2)nc1C(=O)O. The highest BCUT2D eigenvalue weighted by atomic mass is 79.9. The number of aromatic nitrogens is 1. The summed E-state index contributed by atoms with van der Waals surface area (Å²) in [4.78, 5) is 14.9. The lowest BCUT2D eigenvalue weighted by atomic mass is 10.2. The number of rotatable bonds is 4. The topological polar surface area (TPSA) is 72.6 Å². The molecule has 0 bridgehead atoms. The fraction of sp³-hybridized carbons (Fsp3) is 0.167. The summed E-state index contributed by atoms with van der Waals surface area (Å²) >= 11 is 3.32. The van der Waals surface area contributed by atoms with E-state index in [-0.39, 0.29) is 17.5 Å². The maximum absolute atomic E-state index is 11.0. The Morgan fingerprint density at radius 3 is 2.67 bits per heavy atom. The van der Waals surface area contributed by atoms with Crippen LogP contribution >= 0.6 is 15.9 Å². The van der Waals surface area contributed by atoms with E-state index in [9.17, 15) is 4.79 Å². The molecule has 0 radical (unpaired) electrons. The Labute approximate surface area is 112 Å². The second kappa shape index (κ2) is 5.22. The van der Waals surface area contributed by atoms with E-state index in [1.807, 2.05) is 12.1 Å². The molecule has 0 fully saturated rings. The Morgan fingerprint density at radius 2 is 2.11 bits per heavy atom. The van der Waals surface area contributed by atoms with E-state index >= 15 is 0 Å². The summed E-state index contributed by atoms with van der Waals surface area (Å²) in [5, 5.41) is 8.99. The Bertz CT molecular complexity index is 562. The number of ether oxygens (including phenoxy) is 1. The number of hydrogen-bond acceptors (Lipinski definition) is 4. The van der Waals surface area contributed by atoms with Crippen LogP contribution in [0.2, 0.25) is 0 Å². The molecule has 0 saturated carbocycles. The van der Waals surface area contributed by atoms with Gasteiger partial charge in [0.25, 0.3) is 0 Å². The maximum Gasteiger partial charge on any atom is 0.362 e. The molecule has 1 heterocycles. The lowest BCUT2D eigenvalue weighted by Gasteiger charge is -1.97. The third-order valence-electron chi connectivity index (χ3n) is 2.17. The average Bonchev–Trinajstić information content (AvgIpc) is 2.75. The van der Waals surface area contributed by atoms with Crippen molar-refractivity contribution in [2.75, 3.05) is 6.61 Å². The predicted molar refractivity (Wildman–Crippen MR) is 67.8 cm³/mol. The van der Waals surface area contributed by atoms with Crippen LogP contribution in [0.1, 0.15) is 17.4 Å². The van der Waals surface area contributed by atoms with Gasteiger partial charge in [-0.15, -0.1) is 0 Å². The molecule has 0 saturated heterocycles. The molecule has 1 aromatic heterocycles. The number of carboxylic acids is 1. The van der Waals surface area contributed by atoms with E-state index in [0.29, 0.717) is 12.2 Å². The van der Waals surface area contributed by atoms with Crippen molar-refractivity contribution in [2.45, 2.75) is 6.92 Å². The van der Waals surface area contributed by atoms with Crippen molar-refractivity contribution in [3.63, 3.8) is 0 Å². The largest absolute Gasteiger partial charge is 0.476 e. The molecule has 0 aliphatic carbocycles. The lowest BCUT2D eigenvalue weighted by Crippen LogP contribution is -2.01. The standard InChI is InChI=1S/C12H10BrNO4/c1-2-17-12-9(11(15)16)14-10(18-12)7-3-5-8(13)6-4-7/h3-6H,2H2,1H3,(H,15,16). The summed E-state index contributed by atoms with van der Waals surface area (Å²) < 4.78 is 11.3. The zero-order valence-corrected chi connectivity index (χ0v) is 11.1. The molecule has 0 unspecified atom stereocenters. The first-order valence-electron chi connectivity index (χ1n) is 5.24. The van der Waals surface area contributed by atoms with E-state index in [4.69, 9.17) is 14.3 Å². The molecule has 1 N–H and O–H groups in total. The first kappa shape index (κ1) is 12.6. The molecule has 94 valence electrons. The quantitative estimate of drug-likeness (QED) is 0.938. The molecule has 0 aliphatic rings. The lowest BCUT2D eigenvalue weighted by molar-refractivity contribution is 0.0683. The van der Waals surface area contributed by atoms with Gasteiger partial charge in [-0.25, -0.2) is 4.79 Å². The second-order valence-electron chi connectivity index (χ2n) is 3.40. The van der Waals surface area contributed by atoms with E-state index in [2.05, 4.69) is 20.9 Å². The van der Waals surface area contributed by atoms with Crippen LogP contribution in [0.15, 0.2) is 33.2 Å². The van der Waals surface area contributed by atoms with Crippen molar-refractivity contribution in [2.24, 2.45) is 0 Å². The zero-order chi connectivity index (χ0) is 13.1. The second-order valence-corrected chi connectivity index (χ2v) is 4.32.